The SMILES string of the molecule is CC1C=CC(C)(CC(=O)O)C=C1. The number of rotatable bonds is 2. The van der Waals surface area contributed by atoms with E-state index in [1.807, 2.05) is 31.2 Å². The van der Waals surface area contributed by atoms with Crippen molar-refractivity contribution >= 4 is 5.97 Å². The molecule has 0 amide bonds. The van der Waals surface area contributed by atoms with E-state index in [0.29, 0.717) is 5.92 Å². The Balaban J connectivity index is 2.68. The van der Waals surface area contributed by atoms with Gasteiger partial charge in [0.2, 0.25) is 0 Å². The average molecular weight is 166 g/mol. The highest BCUT2D eigenvalue weighted by molar-refractivity contribution is 5.68. The number of hydrogen-bond donors (Lipinski definition) is 1. The van der Waals surface area contributed by atoms with Gasteiger partial charge in [0.25, 0.3) is 0 Å². The van der Waals surface area contributed by atoms with Gasteiger partial charge >= 0.3 is 5.97 Å². The van der Waals surface area contributed by atoms with Crippen LogP contribution >= 0.6 is 0 Å². The van der Waals surface area contributed by atoms with Crippen LogP contribution in [0.5, 0.6) is 0 Å². The normalized spacial score (nSPS) is 33.7. The van der Waals surface area contributed by atoms with E-state index in [1.54, 1.807) is 0 Å². The smallest absolute Gasteiger partial charge is 0.304 e. The van der Waals surface area contributed by atoms with E-state index in [-0.39, 0.29) is 11.8 Å². The van der Waals surface area contributed by atoms with Crippen molar-refractivity contribution in [1.29, 1.82) is 0 Å². The highest BCUT2D eigenvalue weighted by Crippen LogP contribution is 2.29. The maximum atomic E-state index is 10.5. The summed E-state index contributed by atoms with van der Waals surface area (Å²) in [5.41, 5.74) is -0.279. The molecule has 0 aliphatic heterocycles. The third-order valence-corrected chi connectivity index (χ3v) is 2.09. The van der Waals surface area contributed by atoms with Crippen LogP contribution in [0.1, 0.15) is 20.3 Å². The number of carboxylic acid groups (broad SMARTS) is 1. The van der Waals surface area contributed by atoms with Crippen LogP contribution in [-0.2, 0) is 4.79 Å². The summed E-state index contributed by atoms with van der Waals surface area (Å²) in [4.78, 5) is 10.5. The van der Waals surface area contributed by atoms with Gasteiger partial charge < -0.3 is 5.11 Å². The van der Waals surface area contributed by atoms with Gasteiger partial charge in [0.1, 0.15) is 0 Å². The standard InChI is InChI=1S/C10H14O2/c1-8-3-5-10(2,6-4-8)7-9(11)12/h3-6,8H,7H2,1-2H3,(H,11,12). The Hall–Kier alpha value is -1.05. The number of hydrogen-bond acceptors (Lipinski definition) is 1. The van der Waals surface area contributed by atoms with E-state index in [2.05, 4.69) is 6.92 Å². The minimum atomic E-state index is -0.749. The Kier molecular flexibility index (Phi) is 2.36. The summed E-state index contributed by atoms with van der Waals surface area (Å²) in [6, 6.07) is 0. The molecule has 0 aromatic carbocycles. The van der Waals surface area contributed by atoms with Crippen LogP contribution in [0.25, 0.3) is 0 Å². The molecule has 0 aromatic heterocycles. The van der Waals surface area contributed by atoms with Crippen molar-refractivity contribution < 1.29 is 9.90 Å². The second-order valence-electron chi connectivity index (χ2n) is 3.65. The molecule has 1 aliphatic carbocycles. The zero-order valence-corrected chi connectivity index (χ0v) is 7.45. The molecular formula is C10H14O2. The topological polar surface area (TPSA) is 37.3 Å². The lowest BCUT2D eigenvalue weighted by molar-refractivity contribution is -0.138. The summed E-state index contributed by atoms with van der Waals surface area (Å²) >= 11 is 0. The summed E-state index contributed by atoms with van der Waals surface area (Å²) in [5, 5.41) is 8.63. The second kappa shape index (κ2) is 3.13. The van der Waals surface area contributed by atoms with Crippen molar-refractivity contribution in [2.75, 3.05) is 0 Å². The van der Waals surface area contributed by atoms with Crippen LogP contribution in [0.15, 0.2) is 24.3 Å². The molecule has 2 heteroatoms. The number of carbonyl (C=O) groups is 1. The molecular weight excluding hydrogens is 152 g/mol. The van der Waals surface area contributed by atoms with Gasteiger partial charge in [0.05, 0.1) is 6.42 Å². The lowest BCUT2D eigenvalue weighted by Gasteiger charge is -2.23. The highest BCUT2D eigenvalue weighted by Gasteiger charge is 2.23. The average Bonchev–Trinajstić information content (AvgIpc) is 1.94. The molecule has 2 nitrogen and oxygen atoms in total. The van der Waals surface area contributed by atoms with Gasteiger partial charge in [0.15, 0.2) is 0 Å². The molecule has 0 fully saturated rings. The van der Waals surface area contributed by atoms with Crippen LogP contribution < -0.4 is 0 Å². The summed E-state index contributed by atoms with van der Waals surface area (Å²) in [6.45, 7) is 4.01. The molecule has 12 heavy (non-hydrogen) atoms. The lowest BCUT2D eigenvalue weighted by Crippen LogP contribution is -2.18. The van der Waals surface area contributed by atoms with Crippen LogP contribution in [0.2, 0.25) is 0 Å². The molecule has 0 aromatic rings. The zero-order chi connectivity index (χ0) is 9.19. The van der Waals surface area contributed by atoms with Gasteiger partial charge in [-0.05, 0) is 5.92 Å². The third-order valence-electron chi connectivity index (χ3n) is 2.09. The quantitative estimate of drug-likeness (QED) is 0.639. The molecule has 1 N–H and O–H groups in total. The predicted octanol–water partition coefficient (Wildman–Crippen LogP) is 2.23. The number of carboxylic acids is 1. The van der Waals surface area contributed by atoms with Crippen molar-refractivity contribution in [3.63, 3.8) is 0 Å². The van der Waals surface area contributed by atoms with Gasteiger partial charge in [-0.3, -0.25) is 4.79 Å². The van der Waals surface area contributed by atoms with Gasteiger partial charge in [-0.25, -0.2) is 0 Å². The van der Waals surface area contributed by atoms with E-state index < -0.39 is 5.97 Å². The number of aliphatic carboxylic acids is 1. The van der Waals surface area contributed by atoms with E-state index in [0.717, 1.165) is 0 Å². The minimum absolute atomic E-state index is 0.173. The summed E-state index contributed by atoms with van der Waals surface area (Å²) in [7, 11) is 0. The molecule has 0 heterocycles. The van der Waals surface area contributed by atoms with Crippen molar-refractivity contribution in [3.05, 3.63) is 24.3 Å². The van der Waals surface area contributed by atoms with Gasteiger partial charge in [-0.15, -0.1) is 0 Å². The van der Waals surface area contributed by atoms with Crippen molar-refractivity contribution in [2.45, 2.75) is 20.3 Å². The molecule has 66 valence electrons. The van der Waals surface area contributed by atoms with E-state index in [4.69, 9.17) is 5.11 Å². The minimum Gasteiger partial charge on any atom is -0.481 e. The second-order valence-corrected chi connectivity index (χ2v) is 3.65. The van der Waals surface area contributed by atoms with E-state index >= 15 is 0 Å². The molecule has 0 spiro atoms. The fourth-order valence-corrected chi connectivity index (χ4v) is 1.31. The van der Waals surface area contributed by atoms with Gasteiger partial charge in [-0.2, -0.15) is 0 Å². The molecule has 0 atom stereocenters. The monoisotopic (exact) mass is 166 g/mol. The predicted molar refractivity (Wildman–Crippen MR) is 47.8 cm³/mol. The molecule has 0 unspecified atom stereocenters. The van der Waals surface area contributed by atoms with Gasteiger partial charge in [-0.1, -0.05) is 38.2 Å². The molecule has 0 saturated heterocycles. The fourth-order valence-electron chi connectivity index (χ4n) is 1.31. The van der Waals surface area contributed by atoms with Crippen LogP contribution in [0, 0.1) is 11.3 Å². The van der Waals surface area contributed by atoms with Gasteiger partial charge in [0, 0.05) is 5.41 Å². The molecule has 0 radical (unpaired) electrons. The first kappa shape index (κ1) is 9.04. The number of allylic oxidation sites excluding steroid dienone is 4. The largest absolute Gasteiger partial charge is 0.481 e. The van der Waals surface area contributed by atoms with Crippen molar-refractivity contribution in [3.8, 4) is 0 Å². The Morgan fingerprint density at radius 1 is 1.50 bits per heavy atom. The van der Waals surface area contributed by atoms with Crippen LogP contribution in [-0.4, -0.2) is 11.1 Å². The first-order chi connectivity index (χ1) is 5.52. The van der Waals surface area contributed by atoms with Crippen molar-refractivity contribution in [2.24, 2.45) is 11.3 Å². The van der Waals surface area contributed by atoms with Crippen LogP contribution in [0.4, 0.5) is 0 Å². The van der Waals surface area contributed by atoms with Crippen LogP contribution in [0.3, 0.4) is 0 Å². The lowest BCUT2D eigenvalue weighted by atomic mass is 9.81. The van der Waals surface area contributed by atoms with Crippen molar-refractivity contribution in [1.82, 2.24) is 0 Å². The summed E-state index contributed by atoms with van der Waals surface area (Å²) in [5.74, 6) is -0.312. The Bertz CT molecular complexity index is 224. The first-order valence-corrected chi connectivity index (χ1v) is 4.12. The fraction of sp³-hybridized carbons (Fsp3) is 0.500. The zero-order valence-electron chi connectivity index (χ0n) is 7.45. The maximum Gasteiger partial charge on any atom is 0.304 e. The summed E-state index contributed by atoms with van der Waals surface area (Å²) in [6.07, 6.45) is 8.22. The Morgan fingerprint density at radius 2 is 2.00 bits per heavy atom. The summed E-state index contributed by atoms with van der Waals surface area (Å²) < 4.78 is 0. The highest BCUT2D eigenvalue weighted by atomic mass is 16.4. The Morgan fingerprint density at radius 3 is 2.42 bits per heavy atom. The first-order valence-electron chi connectivity index (χ1n) is 4.12. The molecule has 0 bridgehead atoms. The Labute approximate surface area is 72.6 Å². The third kappa shape index (κ3) is 2.22. The van der Waals surface area contributed by atoms with E-state index in [1.165, 1.54) is 0 Å². The molecule has 1 aliphatic rings. The molecule has 1 rings (SSSR count). The molecule has 0 saturated carbocycles. The van der Waals surface area contributed by atoms with E-state index in [9.17, 15) is 4.79 Å². The maximum absolute atomic E-state index is 10.5.